The van der Waals surface area contributed by atoms with Gasteiger partial charge in [0.2, 0.25) is 11.9 Å². The zero-order chi connectivity index (χ0) is 17.6. The number of nitrogens with one attached hydrogen (secondary N) is 2. The summed E-state index contributed by atoms with van der Waals surface area (Å²) in [5, 5.41) is 10.0. The molecular formula is C19H29N5O. The van der Waals surface area contributed by atoms with E-state index in [1.165, 1.54) is 25.7 Å². The Morgan fingerprint density at radius 1 is 1.32 bits per heavy atom. The summed E-state index contributed by atoms with van der Waals surface area (Å²) >= 11 is 0. The van der Waals surface area contributed by atoms with E-state index in [0.717, 1.165) is 31.0 Å². The quantitative estimate of drug-likeness (QED) is 0.762. The van der Waals surface area contributed by atoms with E-state index in [9.17, 15) is 4.79 Å². The number of H-pyrrole nitrogens is 1. The summed E-state index contributed by atoms with van der Waals surface area (Å²) in [4.78, 5) is 17.1. The van der Waals surface area contributed by atoms with Gasteiger partial charge in [-0.15, -0.1) is 5.10 Å². The molecule has 2 N–H and O–H groups in total. The largest absolute Gasteiger partial charge is 0.342 e. The lowest BCUT2D eigenvalue weighted by atomic mass is 10.0. The van der Waals surface area contributed by atoms with Gasteiger partial charge in [-0.1, -0.05) is 39.5 Å². The predicted octanol–water partition coefficient (Wildman–Crippen LogP) is 3.95. The third-order valence-electron chi connectivity index (χ3n) is 5.02. The number of carbonyl (C=O) groups excluding carboxylic acids is 1. The highest BCUT2D eigenvalue weighted by Crippen LogP contribution is 2.28. The topological polar surface area (TPSA) is 75.6 Å². The van der Waals surface area contributed by atoms with Crippen LogP contribution in [0.2, 0.25) is 0 Å². The highest BCUT2D eigenvalue weighted by Gasteiger charge is 2.22. The Hall–Kier alpha value is -2.11. The predicted molar refractivity (Wildman–Crippen MR) is 98.2 cm³/mol. The summed E-state index contributed by atoms with van der Waals surface area (Å²) in [6.45, 7) is 4.25. The van der Waals surface area contributed by atoms with Gasteiger partial charge >= 0.3 is 0 Å². The minimum atomic E-state index is -0.240. The summed E-state index contributed by atoms with van der Waals surface area (Å²) in [6, 6.07) is 3.64. The van der Waals surface area contributed by atoms with Crippen LogP contribution in [0.15, 0.2) is 24.5 Å². The smallest absolute Gasteiger partial charge is 0.249 e. The van der Waals surface area contributed by atoms with Crippen molar-refractivity contribution in [2.45, 2.75) is 64.8 Å². The number of aromatic nitrogens is 4. The first-order valence-electron chi connectivity index (χ1n) is 9.46. The standard InChI is InChI=1S/C19H29N5O/c1-14(2)13-16(24-11-5-6-12-24)18(25)21-19-20-17(22-23-19)10-9-15-7-3-4-8-15/h5-6,11-12,14-16H,3-4,7-10,13H2,1-2H3,(H2,20,21,22,23,25)/t16-/m1/s1. The fourth-order valence-corrected chi connectivity index (χ4v) is 3.66. The molecule has 1 atom stereocenters. The minimum absolute atomic E-state index is 0.0637. The van der Waals surface area contributed by atoms with Gasteiger partial charge in [0.05, 0.1) is 0 Å². The van der Waals surface area contributed by atoms with Crippen LogP contribution >= 0.6 is 0 Å². The number of aryl methyl sites for hydroxylation is 1. The normalized spacial score (nSPS) is 16.4. The highest BCUT2D eigenvalue weighted by atomic mass is 16.2. The van der Waals surface area contributed by atoms with Gasteiger partial charge in [-0.3, -0.25) is 15.2 Å². The molecule has 25 heavy (non-hydrogen) atoms. The fraction of sp³-hybridized carbons (Fsp3) is 0.632. The van der Waals surface area contributed by atoms with Crippen LogP contribution in [0.4, 0.5) is 5.95 Å². The molecule has 1 amide bonds. The molecule has 2 aromatic rings. The highest BCUT2D eigenvalue weighted by molar-refractivity contribution is 5.92. The molecule has 0 aromatic carbocycles. The molecule has 0 aliphatic heterocycles. The van der Waals surface area contributed by atoms with Crippen LogP contribution in [0, 0.1) is 11.8 Å². The lowest BCUT2D eigenvalue weighted by molar-refractivity contribution is -0.119. The number of carbonyl (C=O) groups is 1. The number of anilines is 1. The lowest BCUT2D eigenvalue weighted by Gasteiger charge is -2.19. The first-order valence-corrected chi connectivity index (χ1v) is 9.46. The SMILES string of the molecule is CC(C)C[C@H](C(=O)Nc1n[nH]c(CCC2CCCC2)n1)n1cccc1. The molecule has 1 aliphatic carbocycles. The van der Waals surface area contributed by atoms with Crippen LogP contribution in [0.1, 0.15) is 64.2 Å². The molecule has 2 heterocycles. The van der Waals surface area contributed by atoms with E-state index in [0.29, 0.717) is 11.9 Å². The Labute approximate surface area is 149 Å². The maximum absolute atomic E-state index is 12.7. The Balaban J connectivity index is 1.57. The van der Waals surface area contributed by atoms with E-state index in [2.05, 4.69) is 34.3 Å². The second-order valence-electron chi connectivity index (χ2n) is 7.56. The molecule has 6 nitrogen and oxygen atoms in total. The second kappa shape index (κ2) is 8.32. The van der Waals surface area contributed by atoms with E-state index in [1.54, 1.807) is 0 Å². The molecule has 1 fully saturated rings. The Morgan fingerprint density at radius 2 is 2.04 bits per heavy atom. The third-order valence-corrected chi connectivity index (χ3v) is 5.02. The van der Waals surface area contributed by atoms with E-state index < -0.39 is 0 Å². The number of amides is 1. The molecule has 136 valence electrons. The van der Waals surface area contributed by atoms with Crippen LogP contribution < -0.4 is 5.32 Å². The van der Waals surface area contributed by atoms with Crippen LogP contribution in [0.25, 0.3) is 0 Å². The Kier molecular flexibility index (Phi) is 5.89. The number of rotatable bonds is 8. The summed E-state index contributed by atoms with van der Waals surface area (Å²) in [5.74, 6) is 2.43. The molecule has 0 spiro atoms. The van der Waals surface area contributed by atoms with E-state index in [1.807, 2.05) is 29.1 Å². The summed E-state index contributed by atoms with van der Waals surface area (Å²) in [5.41, 5.74) is 0. The van der Waals surface area contributed by atoms with E-state index >= 15 is 0 Å². The van der Waals surface area contributed by atoms with Crippen molar-refractivity contribution in [2.24, 2.45) is 11.8 Å². The number of hydrogen-bond donors (Lipinski definition) is 2. The van der Waals surface area contributed by atoms with E-state index in [4.69, 9.17) is 0 Å². The average Bonchev–Trinajstić information content (AvgIpc) is 3.32. The first-order chi connectivity index (χ1) is 12.1. The van der Waals surface area contributed by atoms with Gasteiger partial charge < -0.3 is 4.57 Å². The maximum Gasteiger partial charge on any atom is 0.249 e. The molecule has 0 unspecified atom stereocenters. The number of aromatic amines is 1. The van der Waals surface area contributed by atoms with Crippen LogP contribution in [-0.2, 0) is 11.2 Å². The first kappa shape index (κ1) is 17.7. The van der Waals surface area contributed by atoms with Crippen LogP contribution in [0.5, 0.6) is 0 Å². The van der Waals surface area contributed by atoms with Crippen LogP contribution in [-0.4, -0.2) is 25.7 Å². The maximum atomic E-state index is 12.7. The van der Waals surface area contributed by atoms with Gasteiger partial charge in [0, 0.05) is 18.8 Å². The average molecular weight is 343 g/mol. The van der Waals surface area contributed by atoms with Gasteiger partial charge in [0.15, 0.2) is 0 Å². The molecular weight excluding hydrogens is 314 g/mol. The van der Waals surface area contributed by atoms with Crippen molar-refractivity contribution in [3.63, 3.8) is 0 Å². The molecule has 0 radical (unpaired) electrons. The van der Waals surface area contributed by atoms with Crippen molar-refractivity contribution in [1.82, 2.24) is 19.7 Å². The Bertz CT molecular complexity index is 655. The molecule has 6 heteroatoms. The molecule has 1 aliphatic rings. The van der Waals surface area contributed by atoms with Crippen molar-refractivity contribution >= 4 is 11.9 Å². The zero-order valence-electron chi connectivity index (χ0n) is 15.2. The van der Waals surface area contributed by atoms with Gasteiger partial charge in [-0.05, 0) is 36.8 Å². The molecule has 2 aromatic heterocycles. The molecule has 0 saturated heterocycles. The summed E-state index contributed by atoms with van der Waals surface area (Å²) in [7, 11) is 0. The van der Waals surface area contributed by atoms with Crippen molar-refractivity contribution in [1.29, 1.82) is 0 Å². The molecule has 3 rings (SSSR count). The summed E-state index contributed by atoms with van der Waals surface area (Å²) in [6.07, 6.45) is 12.1. The minimum Gasteiger partial charge on any atom is -0.342 e. The third kappa shape index (κ3) is 4.94. The van der Waals surface area contributed by atoms with Gasteiger partial charge in [0.1, 0.15) is 11.9 Å². The second-order valence-corrected chi connectivity index (χ2v) is 7.56. The number of nitrogens with zero attached hydrogens (tertiary/aromatic N) is 3. The Morgan fingerprint density at radius 3 is 2.72 bits per heavy atom. The van der Waals surface area contributed by atoms with Gasteiger partial charge in [-0.2, -0.15) is 4.98 Å². The molecule has 1 saturated carbocycles. The molecule has 0 bridgehead atoms. The van der Waals surface area contributed by atoms with Crippen molar-refractivity contribution < 1.29 is 4.79 Å². The van der Waals surface area contributed by atoms with Crippen LogP contribution in [0.3, 0.4) is 0 Å². The fourth-order valence-electron chi connectivity index (χ4n) is 3.66. The van der Waals surface area contributed by atoms with Gasteiger partial charge in [-0.25, -0.2) is 0 Å². The monoisotopic (exact) mass is 343 g/mol. The van der Waals surface area contributed by atoms with E-state index in [-0.39, 0.29) is 11.9 Å². The number of hydrogen-bond acceptors (Lipinski definition) is 3. The summed E-state index contributed by atoms with van der Waals surface area (Å²) < 4.78 is 1.95. The van der Waals surface area contributed by atoms with Crippen molar-refractivity contribution in [2.75, 3.05) is 5.32 Å². The van der Waals surface area contributed by atoms with Crippen molar-refractivity contribution in [3.05, 3.63) is 30.4 Å². The van der Waals surface area contributed by atoms with Crippen molar-refractivity contribution in [3.8, 4) is 0 Å². The lowest BCUT2D eigenvalue weighted by Crippen LogP contribution is -2.27. The van der Waals surface area contributed by atoms with Gasteiger partial charge in [0.25, 0.3) is 0 Å². The zero-order valence-corrected chi connectivity index (χ0v) is 15.2.